The Balaban J connectivity index is 2.12. The second-order valence-electron chi connectivity index (χ2n) is 5.81. The Kier molecular flexibility index (Phi) is 6.24. The van der Waals surface area contributed by atoms with Crippen LogP contribution < -0.4 is 5.32 Å². The van der Waals surface area contributed by atoms with Crippen molar-refractivity contribution in [1.82, 2.24) is 10.2 Å². The number of hydrogen-bond donors (Lipinski definition) is 1. The van der Waals surface area contributed by atoms with Crippen molar-refractivity contribution in [2.45, 2.75) is 45.6 Å². The Bertz CT molecular complexity index is 484. The van der Waals surface area contributed by atoms with E-state index < -0.39 is 0 Å². The molecule has 1 N–H and O–H groups in total. The van der Waals surface area contributed by atoms with Gasteiger partial charge < -0.3 is 10.2 Å². The van der Waals surface area contributed by atoms with E-state index in [-0.39, 0.29) is 5.91 Å². The molecular weight excluding hydrogens is 328 g/mol. The third-order valence-electron chi connectivity index (χ3n) is 4.13. The van der Waals surface area contributed by atoms with Crippen molar-refractivity contribution >= 4 is 21.8 Å². The summed E-state index contributed by atoms with van der Waals surface area (Å²) in [6.45, 7) is 6.85. The Morgan fingerprint density at radius 3 is 2.90 bits per heavy atom. The van der Waals surface area contributed by atoms with E-state index in [4.69, 9.17) is 0 Å². The molecule has 4 heteroatoms. The minimum absolute atomic E-state index is 0.156. The fourth-order valence-electron chi connectivity index (χ4n) is 2.90. The highest BCUT2D eigenvalue weighted by atomic mass is 79.9. The van der Waals surface area contributed by atoms with E-state index in [1.165, 1.54) is 19.3 Å². The summed E-state index contributed by atoms with van der Waals surface area (Å²) >= 11 is 3.52. The van der Waals surface area contributed by atoms with E-state index in [0.717, 1.165) is 41.7 Å². The van der Waals surface area contributed by atoms with Crippen LogP contribution in [0.3, 0.4) is 0 Å². The van der Waals surface area contributed by atoms with Gasteiger partial charge in [-0.2, -0.15) is 0 Å². The lowest BCUT2D eigenvalue weighted by molar-refractivity contribution is 0.0731. The van der Waals surface area contributed by atoms with E-state index in [0.29, 0.717) is 6.04 Å². The molecule has 2 rings (SSSR count). The van der Waals surface area contributed by atoms with Gasteiger partial charge in [-0.15, -0.1) is 0 Å². The smallest absolute Gasteiger partial charge is 0.254 e. The SMILES string of the molecule is CCCN(CC1CCCCN1)C(=O)c1cccc(Br)c1C. The van der Waals surface area contributed by atoms with Gasteiger partial charge in [0.2, 0.25) is 0 Å². The lowest BCUT2D eigenvalue weighted by Crippen LogP contribution is -2.46. The molecule has 21 heavy (non-hydrogen) atoms. The van der Waals surface area contributed by atoms with Gasteiger partial charge in [-0.25, -0.2) is 0 Å². The summed E-state index contributed by atoms with van der Waals surface area (Å²) in [6.07, 6.45) is 4.68. The summed E-state index contributed by atoms with van der Waals surface area (Å²) < 4.78 is 1.00. The van der Waals surface area contributed by atoms with Crippen LogP contribution in [0.2, 0.25) is 0 Å². The Morgan fingerprint density at radius 1 is 1.43 bits per heavy atom. The molecule has 1 fully saturated rings. The molecule has 0 spiro atoms. The third-order valence-corrected chi connectivity index (χ3v) is 4.99. The van der Waals surface area contributed by atoms with Gasteiger partial charge in [-0.1, -0.05) is 35.3 Å². The van der Waals surface area contributed by atoms with Crippen molar-refractivity contribution in [1.29, 1.82) is 0 Å². The van der Waals surface area contributed by atoms with Crippen LogP contribution in [0.5, 0.6) is 0 Å². The number of benzene rings is 1. The van der Waals surface area contributed by atoms with Gasteiger partial charge in [0.1, 0.15) is 0 Å². The van der Waals surface area contributed by atoms with Crippen LogP contribution in [0.4, 0.5) is 0 Å². The van der Waals surface area contributed by atoms with Crippen LogP contribution in [0.25, 0.3) is 0 Å². The summed E-state index contributed by atoms with van der Waals surface area (Å²) in [6, 6.07) is 6.30. The molecule has 1 aliphatic rings. The van der Waals surface area contributed by atoms with Crippen LogP contribution >= 0.6 is 15.9 Å². The van der Waals surface area contributed by atoms with Gasteiger partial charge in [0.05, 0.1) is 0 Å². The lowest BCUT2D eigenvalue weighted by Gasteiger charge is -2.31. The Morgan fingerprint density at radius 2 is 2.24 bits per heavy atom. The molecule has 1 aliphatic heterocycles. The molecule has 0 saturated carbocycles. The molecule has 3 nitrogen and oxygen atoms in total. The molecular formula is C17H25BrN2O. The standard InChI is InChI=1S/C17H25BrN2O/c1-3-11-20(12-14-7-4-5-10-19-14)17(21)15-8-6-9-16(18)13(15)2/h6,8-9,14,19H,3-5,7,10-12H2,1-2H3. The molecule has 0 radical (unpaired) electrons. The molecule has 1 saturated heterocycles. The maximum absolute atomic E-state index is 12.9. The number of piperidine rings is 1. The summed E-state index contributed by atoms with van der Waals surface area (Å²) in [7, 11) is 0. The van der Waals surface area contributed by atoms with E-state index in [9.17, 15) is 4.79 Å². The van der Waals surface area contributed by atoms with Crippen LogP contribution in [0.15, 0.2) is 22.7 Å². The van der Waals surface area contributed by atoms with E-state index in [1.54, 1.807) is 0 Å². The highest BCUT2D eigenvalue weighted by Crippen LogP contribution is 2.21. The Hall–Kier alpha value is -0.870. The van der Waals surface area contributed by atoms with Crippen LogP contribution in [-0.2, 0) is 0 Å². The summed E-state index contributed by atoms with van der Waals surface area (Å²) in [5.74, 6) is 0.156. The number of amides is 1. The van der Waals surface area contributed by atoms with Crippen molar-refractivity contribution in [3.05, 3.63) is 33.8 Å². The molecule has 0 aromatic heterocycles. The quantitative estimate of drug-likeness (QED) is 0.874. The molecule has 0 bridgehead atoms. The number of carbonyl (C=O) groups excluding carboxylic acids is 1. The van der Waals surface area contributed by atoms with E-state index >= 15 is 0 Å². The first-order valence-corrected chi connectivity index (χ1v) is 8.70. The first-order valence-electron chi connectivity index (χ1n) is 7.91. The van der Waals surface area contributed by atoms with Gasteiger partial charge in [0.15, 0.2) is 0 Å². The molecule has 0 aliphatic carbocycles. The van der Waals surface area contributed by atoms with Gasteiger partial charge in [0.25, 0.3) is 5.91 Å². The van der Waals surface area contributed by atoms with Crippen LogP contribution in [0, 0.1) is 6.92 Å². The number of carbonyl (C=O) groups is 1. The Labute approximate surface area is 136 Å². The number of halogens is 1. The average molecular weight is 353 g/mol. The third kappa shape index (κ3) is 4.30. The summed E-state index contributed by atoms with van der Waals surface area (Å²) in [5.41, 5.74) is 1.84. The lowest BCUT2D eigenvalue weighted by atomic mass is 10.0. The maximum atomic E-state index is 12.9. The normalized spacial score (nSPS) is 18.5. The van der Waals surface area contributed by atoms with Gasteiger partial charge in [0, 0.05) is 29.2 Å². The predicted molar refractivity (Wildman–Crippen MR) is 90.7 cm³/mol. The second-order valence-corrected chi connectivity index (χ2v) is 6.66. The van der Waals surface area contributed by atoms with Crippen LogP contribution in [-0.4, -0.2) is 36.5 Å². The van der Waals surface area contributed by atoms with Gasteiger partial charge in [-0.05, 0) is 50.4 Å². The zero-order chi connectivity index (χ0) is 15.2. The maximum Gasteiger partial charge on any atom is 0.254 e. The topological polar surface area (TPSA) is 32.3 Å². The van der Waals surface area contributed by atoms with Crippen molar-refractivity contribution < 1.29 is 4.79 Å². The summed E-state index contributed by atoms with van der Waals surface area (Å²) in [5, 5.41) is 3.54. The predicted octanol–water partition coefficient (Wildman–Crippen LogP) is 3.75. The van der Waals surface area contributed by atoms with Crippen molar-refractivity contribution in [2.24, 2.45) is 0 Å². The molecule has 1 aromatic rings. The largest absolute Gasteiger partial charge is 0.337 e. The fourth-order valence-corrected chi connectivity index (χ4v) is 3.27. The van der Waals surface area contributed by atoms with E-state index in [2.05, 4.69) is 28.2 Å². The minimum atomic E-state index is 0.156. The van der Waals surface area contributed by atoms with Crippen molar-refractivity contribution in [3.8, 4) is 0 Å². The molecule has 1 atom stereocenters. The summed E-state index contributed by atoms with van der Waals surface area (Å²) in [4.78, 5) is 14.9. The number of nitrogens with zero attached hydrogens (tertiary/aromatic N) is 1. The zero-order valence-corrected chi connectivity index (χ0v) is 14.6. The molecule has 1 aromatic carbocycles. The first kappa shape index (κ1) is 16.5. The van der Waals surface area contributed by atoms with E-state index in [1.807, 2.05) is 30.0 Å². The average Bonchev–Trinajstić information content (AvgIpc) is 2.50. The monoisotopic (exact) mass is 352 g/mol. The highest BCUT2D eigenvalue weighted by Gasteiger charge is 2.22. The minimum Gasteiger partial charge on any atom is -0.337 e. The molecule has 1 heterocycles. The van der Waals surface area contributed by atoms with Crippen molar-refractivity contribution in [3.63, 3.8) is 0 Å². The zero-order valence-electron chi connectivity index (χ0n) is 13.0. The molecule has 116 valence electrons. The fraction of sp³-hybridized carbons (Fsp3) is 0.588. The first-order chi connectivity index (χ1) is 10.1. The van der Waals surface area contributed by atoms with Gasteiger partial charge in [-0.3, -0.25) is 4.79 Å². The molecule has 1 unspecified atom stereocenters. The molecule has 1 amide bonds. The van der Waals surface area contributed by atoms with Gasteiger partial charge >= 0.3 is 0 Å². The number of nitrogens with one attached hydrogen (secondary N) is 1. The number of hydrogen-bond acceptors (Lipinski definition) is 2. The second kappa shape index (κ2) is 7.95. The highest BCUT2D eigenvalue weighted by molar-refractivity contribution is 9.10. The van der Waals surface area contributed by atoms with Crippen LogP contribution in [0.1, 0.15) is 48.5 Å². The number of rotatable bonds is 5. The van der Waals surface area contributed by atoms with Crippen molar-refractivity contribution in [2.75, 3.05) is 19.6 Å².